The van der Waals surface area contributed by atoms with Gasteiger partial charge in [0.15, 0.2) is 0 Å². The van der Waals surface area contributed by atoms with Gasteiger partial charge in [-0.3, -0.25) is 9.78 Å². The van der Waals surface area contributed by atoms with Gasteiger partial charge in [0.2, 0.25) is 5.91 Å². The molecule has 2 N–H and O–H groups in total. The van der Waals surface area contributed by atoms with E-state index in [-0.39, 0.29) is 18.6 Å². The summed E-state index contributed by atoms with van der Waals surface area (Å²) < 4.78 is 0. The van der Waals surface area contributed by atoms with Crippen LogP contribution in [-0.2, 0) is 4.79 Å². The SMILES string of the molecule is O=C(/C=C/c1ccccn1)NC(CCCO)c1ccccc1. The van der Waals surface area contributed by atoms with Crippen molar-refractivity contribution in [2.24, 2.45) is 0 Å². The zero-order valence-corrected chi connectivity index (χ0v) is 12.4. The van der Waals surface area contributed by atoms with Crippen LogP contribution in [0.25, 0.3) is 6.08 Å². The molecule has 0 spiro atoms. The molecule has 4 nitrogen and oxygen atoms in total. The Bertz CT molecular complexity index is 597. The third kappa shape index (κ3) is 5.14. The number of aromatic nitrogens is 1. The van der Waals surface area contributed by atoms with Crippen molar-refractivity contribution < 1.29 is 9.90 Å². The quantitative estimate of drug-likeness (QED) is 0.772. The van der Waals surface area contributed by atoms with Gasteiger partial charge in [0.05, 0.1) is 11.7 Å². The molecular formula is C18H20N2O2. The minimum atomic E-state index is -0.169. The third-order valence-electron chi connectivity index (χ3n) is 3.26. The van der Waals surface area contributed by atoms with Crippen molar-refractivity contribution in [1.29, 1.82) is 0 Å². The van der Waals surface area contributed by atoms with E-state index in [4.69, 9.17) is 5.11 Å². The molecule has 0 radical (unpaired) electrons. The first-order chi connectivity index (χ1) is 10.8. The van der Waals surface area contributed by atoms with Crippen LogP contribution in [0.15, 0.2) is 60.8 Å². The Kier molecular flexibility index (Phi) is 6.33. The zero-order valence-electron chi connectivity index (χ0n) is 12.4. The lowest BCUT2D eigenvalue weighted by Gasteiger charge is -2.18. The van der Waals surface area contributed by atoms with E-state index in [0.717, 1.165) is 11.3 Å². The summed E-state index contributed by atoms with van der Waals surface area (Å²) in [5.74, 6) is -0.169. The third-order valence-corrected chi connectivity index (χ3v) is 3.26. The van der Waals surface area contributed by atoms with Crippen molar-refractivity contribution in [1.82, 2.24) is 10.3 Å². The zero-order chi connectivity index (χ0) is 15.6. The van der Waals surface area contributed by atoms with Crippen molar-refractivity contribution >= 4 is 12.0 Å². The van der Waals surface area contributed by atoms with Crippen molar-refractivity contribution in [3.63, 3.8) is 0 Å². The largest absolute Gasteiger partial charge is 0.396 e. The van der Waals surface area contributed by atoms with Crippen LogP contribution in [0.4, 0.5) is 0 Å². The van der Waals surface area contributed by atoms with E-state index in [2.05, 4.69) is 10.3 Å². The number of nitrogens with one attached hydrogen (secondary N) is 1. The molecule has 0 aliphatic heterocycles. The number of benzene rings is 1. The summed E-state index contributed by atoms with van der Waals surface area (Å²) in [6, 6.07) is 15.2. The molecule has 0 saturated heterocycles. The lowest BCUT2D eigenvalue weighted by atomic mass is 10.0. The second kappa shape index (κ2) is 8.74. The second-order valence-electron chi connectivity index (χ2n) is 4.93. The van der Waals surface area contributed by atoms with Crippen LogP contribution < -0.4 is 5.32 Å². The van der Waals surface area contributed by atoms with Crippen LogP contribution in [0.2, 0.25) is 0 Å². The monoisotopic (exact) mass is 296 g/mol. The molecule has 0 aliphatic rings. The van der Waals surface area contributed by atoms with Gasteiger partial charge in [-0.25, -0.2) is 0 Å². The predicted molar refractivity (Wildman–Crippen MR) is 86.9 cm³/mol. The molecule has 22 heavy (non-hydrogen) atoms. The Morgan fingerprint density at radius 3 is 2.64 bits per heavy atom. The number of aliphatic hydroxyl groups excluding tert-OH is 1. The van der Waals surface area contributed by atoms with Crippen molar-refractivity contribution in [2.75, 3.05) is 6.61 Å². The number of hydrogen-bond donors (Lipinski definition) is 2. The van der Waals surface area contributed by atoms with Gasteiger partial charge in [-0.1, -0.05) is 36.4 Å². The number of rotatable bonds is 7. The van der Waals surface area contributed by atoms with Crippen molar-refractivity contribution in [3.05, 3.63) is 72.1 Å². The Morgan fingerprint density at radius 1 is 1.18 bits per heavy atom. The van der Waals surface area contributed by atoms with E-state index in [0.29, 0.717) is 12.8 Å². The van der Waals surface area contributed by atoms with Gasteiger partial charge in [0, 0.05) is 18.9 Å². The minimum Gasteiger partial charge on any atom is -0.396 e. The molecule has 4 heteroatoms. The highest BCUT2D eigenvalue weighted by molar-refractivity contribution is 5.91. The van der Waals surface area contributed by atoms with E-state index >= 15 is 0 Å². The standard InChI is InChI=1S/C18H20N2O2/c21-14-6-10-17(15-7-2-1-3-8-15)20-18(22)12-11-16-9-4-5-13-19-16/h1-5,7-9,11-13,17,21H,6,10,14H2,(H,20,22)/b12-11+. The summed E-state index contributed by atoms with van der Waals surface area (Å²) >= 11 is 0. The number of aliphatic hydroxyl groups is 1. The normalized spacial score (nSPS) is 12.2. The number of pyridine rings is 1. The molecule has 0 fully saturated rings. The molecule has 1 amide bonds. The fraction of sp³-hybridized carbons (Fsp3) is 0.222. The molecule has 1 aromatic heterocycles. The van der Waals surface area contributed by atoms with Gasteiger partial charge in [-0.2, -0.15) is 0 Å². The molecular weight excluding hydrogens is 276 g/mol. The first-order valence-electron chi connectivity index (χ1n) is 7.35. The van der Waals surface area contributed by atoms with Crippen LogP contribution >= 0.6 is 0 Å². The van der Waals surface area contributed by atoms with Gasteiger partial charge in [-0.05, 0) is 36.6 Å². The number of carbonyl (C=O) groups is 1. The molecule has 1 heterocycles. The first-order valence-corrected chi connectivity index (χ1v) is 7.35. The number of nitrogens with zero attached hydrogens (tertiary/aromatic N) is 1. The van der Waals surface area contributed by atoms with Gasteiger partial charge >= 0.3 is 0 Å². The van der Waals surface area contributed by atoms with E-state index < -0.39 is 0 Å². The van der Waals surface area contributed by atoms with Crippen molar-refractivity contribution in [2.45, 2.75) is 18.9 Å². The average molecular weight is 296 g/mol. The van der Waals surface area contributed by atoms with Crippen LogP contribution in [0, 0.1) is 0 Å². The predicted octanol–water partition coefficient (Wildman–Crippen LogP) is 2.72. The van der Waals surface area contributed by atoms with Crippen LogP contribution in [0.3, 0.4) is 0 Å². The lowest BCUT2D eigenvalue weighted by molar-refractivity contribution is -0.117. The second-order valence-corrected chi connectivity index (χ2v) is 4.93. The maximum absolute atomic E-state index is 12.1. The highest BCUT2D eigenvalue weighted by atomic mass is 16.3. The molecule has 114 valence electrons. The summed E-state index contributed by atoms with van der Waals surface area (Å²) in [4.78, 5) is 16.2. The average Bonchev–Trinajstić information content (AvgIpc) is 2.58. The Balaban J connectivity index is 2.00. The van der Waals surface area contributed by atoms with E-state index in [1.54, 1.807) is 12.3 Å². The number of amides is 1. The van der Waals surface area contributed by atoms with Crippen LogP contribution in [0.5, 0.6) is 0 Å². The summed E-state index contributed by atoms with van der Waals surface area (Å²) in [6.07, 6.45) is 6.19. The van der Waals surface area contributed by atoms with Crippen LogP contribution in [0.1, 0.15) is 30.1 Å². The molecule has 0 bridgehead atoms. The summed E-state index contributed by atoms with van der Waals surface area (Å²) in [7, 11) is 0. The van der Waals surface area contributed by atoms with Gasteiger partial charge in [0.25, 0.3) is 0 Å². The topological polar surface area (TPSA) is 62.2 Å². The molecule has 2 rings (SSSR count). The molecule has 2 aromatic rings. The summed E-state index contributed by atoms with van der Waals surface area (Å²) in [5.41, 5.74) is 1.78. The van der Waals surface area contributed by atoms with E-state index in [1.165, 1.54) is 6.08 Å². The lowest BCUT2D eigenvalue weighted by Crippen LogP contribution is -2.27. The molecule has 1 atom stereocenters. The smallest absolute Gasteiger partial charge is 0.244 e. The fourth-order valence-corrected chi connectivity index (χ4v) is 2.16. The highest BCUT2D eigenvalue weighted by Crippen LogP contribution is 2.18. The fourth-order valence-electron chi connectivity index (χ4n) is 2.16. The van der Waals surface area contributed by atoms with Gasteiger partial charge in [-0.15, -0.1) is 0 Å². The molecule has 1 unspecified atom stereocenters. The summed E-state index contributed by atoms with van der Waals surface area (Å²) in [5, 5.41) is 12.0. The number of hydrogen-bond acceptors (Lipinski definition) is 3. The van der Waals surface area contributed by atoms with Crippen LogP contribution in [-0.4, -0.2) is 22.6 Å². The molecule has 1 aromatic carbocycles. The summed E-state index contributed by atoms with van der Waals surface area (Å²) in [6.45, 7) is 0.114. The maximum atomic E-state index is 12.1. The van der Waals surface area contributed by atoms with E-state index in [9.17, 15) is 4.79 Å². The first kappa shape index (κ1) is 15.9. The molecule has 0 saturated carbocycles. The highest BCUT2D eigenvalue weighted by Gasteiger charge is 2.12. The Labute approximate surface area is 130 Å². The Hall–Kier alpha value is -2.46. The van der Waals surface area contributed by atoms with Gasteiger partial charge < -0.3 is 10.4 Å². The van der Waals surface area contributed by atoms with Gasteiger partial charge in [0.1, 0.15) is 0 Å². The maximum Gasteiger partial charge on any atom is 0.244 e. The van der Waals surface area contributed by atoms with E-state index in [1.807, 2.05) is 48.5 Å². The van der Waals surface area contributed by atoms with Crippen molar-refractivity contribution in [3.8, 4) is 0 Å². The molecule has 0 aliphatic carbocycles. The minimum absolute atomic E-state index is 0.103. The number of carbonyl (C=O) groups excluding carboxylic acids is 1. The Morgan fingerprint density at radius 2 is 1.95 bits per heavy atom.